The smallest absolute Gasteiger partial charge is 0.306 e. The molecule has 1 amide bonds. The maximum absolute atomic E-state index is 11.9. The second kappa shape index (κ2) is 6.06. The van der Waals surface area contributed by atoms with Crippen LogP contribution in [-0.4, -0.2) is 23.0 Å². The van der Waals surface area contributed by atoms with Crippen molar-refractivity contribution in [3.8, 4) is 0 Å². The monoisotopic (exact) mass is 281 g/mol. The fourth-order valence-electron chi connectivity index (χ4n) is 2.45. The molecule has 5 heteroatoms. The maximum atomic E-state index is 11.9. The maximum Gasteiger partial charge on any atom is 0.306 e. The number of nitrogens with one attached hydrogen (secondary N) is 1. The molecule has 0 spiro atoms. The zero-order valence-corrected chi connectivity index (χ0v) is 11.2. The number of carboxylic acids is 1. The quantitative estimate of drug-likeness (QED) is 0.889. The molecule has 0 heterocycles. The third kappa shape index (κ3) is 3.96. The van der Waals surface area contributed by atoms with Gasteiger partial charge in [0.05, 0.1) is 12.3 Å². The van der Waals surface area contributed by atoms with Crippen LogP contribution in [0.5, 0.6) is 0 Å². The van der Waals surface area contributed by atoms with E-state index in [1.165, 1.54) is 0 Å². The van der Waals surface area contributed by atoms with Crippen molar-refractivity contribution in [1.82, 2.24) is 5.32 Å². The Morgan fingerprint density at radius 1 is 1.37 bits per heavy atom. The average molecular weight is 282 g/mol. The first-order valence-corrected chi connectivity index (χ1v) is 6.69. The lowest BCUT2D eigenvalue weighted by Gasteiger charge is -2.12. The lowest BCUT2D eigenvalue weighted by Crippen LogP contribution is -2.34. The summed E-state index contributed by atoms with van der Waals surface area (Å²) in [5.41, 5.74) is 0.859. The van der Waals surface area contributed by atoms with Crippen molar-refractivity contribution in [1.29, 1.82) is 0 Å². The molecule has 1 fully saturated rings. The number of carboxylic acid groups (broad SMARTS) is 1. The van der Waals surface area contributed by atoms with Crippen LogP contribution in [0.3, 0.4) is 0 Å². The molecule has 0 aliphatic heterocycles. The van der Waals surface area contributed by atoms with E-state index in [1.807, 2.05) is 6.07 Å². The molecule has 19 heavy (non-hydrogen) atoms. The fraction of sp³-hybridized carbons (Fsp3) is 0.429. The van der Waals surface area contributed by atoms with Crippen LogP contribution in [0.25, 0.3) is 0 Å². The number of carbonyl (C=O) groups excluding carboxylic acids is 1. The van der Waals surface area contributed by atoms with Crippen LogP contribution >= 0.6 is 11.6 Å². The van der Waals surface area contributed by atoms with Gasteiger partial charge in [0.25, 0.3) is 0 Å². The van der Waals surface area contributed by atoms with Gasteiger partial charge in [-0.1, -0.05) is 23.7 Å². The van der Waals surface area contributed by atoms with E-state index in [-0.39, 0.29) is 24.3 Å². The van der Waals surface area contributed by atoms with E-state index in [1.54, 1.807) is 18.2 Å². The van der Waals surface area contributed by atoms with Gasteiger partial charge >= 0.3 is 5.97 Å². The minimum atomic E-state index is -0.772. The van der Waals surface area contributed by atoms with Crippen LogP contribution in [0.15, 0.2) is 24.3 Å². The second-order valence-electron chi connectivity index (χ2n) is 4.92. The molecule has 2 N–H and O–H groups in total. The Hall–Kier alpha value is -1.55. The van der Waals surface area contributed by atoms with Gasteiger partial charge in [0.15, 0.2) is 0 Å². The van der Waals surface area contributed by atoms with Crippen molar-refractivity contribution in [3.05, 3.63) is 34.9 Å². The van der Waals surface area contributed by atoms with Gasteiger partial charge in [-0.15, -0.1) is 0 Å². The van der Waals surface area contributed by atoms with Gasteiger partial charge in [-0.25, -0.2) is 0 Å². The summed E-state index contributed by atoms with van der Waals surface area (Å²) in [4.78, 5) is 22.7. The summed E-state index contributed by atoms with van der Waals surface area (Å²) in [7, 11) is 0. The van der Waals surface area contributed by atoms with E-state index in [0.717, 1.165) is 12.0 Å². The van der Waals surface area contributed by atoms with Crippen LogP contribution in [-0.2, 0) is 16.0 Å². The largest absolute Gasteiger partial charge is 0.481 e. The summed E-state index contributed by atoms with van der Waals surface area (Å²) >= 11 is 5.86. The highest BCUT2D eigenvalue weighted by Gasteiger charge is 2.30. The molecule has 1 aliphatic rings. The Morgan fingerprint density at radius 3 is 2.79 bits per heavy atom. The van der Waals surface area contributed by atoms with Gasteiger partial charge in [0.2, 0.25) is 5.91 Å². The number of hydrogen-bond acceptors (Lipinski definition) is 2. The standard InChI is InChI=1S/C14H16ClNO3/c15-11-3-1-2-9(6-11)7-13(17)16-12-5-4-10(8-12)14(18)19/h1-3,6,10,12H,4-5,7-8H2,(H,16,17)(H,18,19)/t10-,12+/m1/s1. The van der Waals surface area contributed by atoms with Gasteiger partial charge in [-0.2, -0.15) is 0 Å². The second-order valence-corrected chi connectivity index (χ2v) is 5.36. The molecule has 0 unspecified atom stereocenters. The van der Waals surface area contributed by atoms with E-state index < -0.39 is 5.97 Å². The van der Waals surface area contributed by atoms with Crippen molar-refractivity contribution < 1.29 is 14.7 Å². The number of halogens is 1. The van der Waals surface area contributed by atoms with Gasteiger partial charge in [0.1, 0.15) is 0 Å². The van der Waals surface area contributed by atoms with Crippen molar-refractivity contribution in [3.63, 3.8) is 0 Å². The zero-order chi connectivity index (χ0) is 13.8. The summed E-state index contributed by atoms with van der Waals surface area (Å²) in [6.07, 6.45) is 2.17. The first-order chi connectivity index (χ1) is 9.04. The van der Waals surface area contributed by atoms with Crippen molar-refractivity contribution in [2.45, 2.75) is 31.7 Å². The summed E-state index contributed by atoms with van der Waals surface area (Å²) in [5, 5.41) is 12.4. The Morgan fingerprint density at radius 2 is 2.16 bits per heavy atom. The van der Waals surface area contributed by atoms with Gasteiger partial charge in [0, 0.05) is 11.1 Å². The predicted octanol–water partition coefficient (Wildman–Crippen LogP) is 2.25. The number of carbonyl (C=O) groups is 2. The van der Waals surface area contributed by atoms with E-state index in [4.69, 9.17) is 16.7 Å². The minimum Gasteiger partial charge on any atom is -0.481 e. The molecular formula is C14H16ClNO3. The van der Waals surface area contributed by atoms with E-state index in [2.05, 4.69) is 5.32 Å². The van der Waals surface area contributed by atoms with Crippen molar-refractivity contribution >= 4 is 23.5 Å². The number of aliphatic carboxylic acids is 1. The van der Waals surface area contributed by atoms with Gasteiger partial charge in [-0.05, 0) is 37.0 Å². The Labute approximate surface area is 116 Å². The van der Waals surface area contributed by atoms with Crippen LogP contribution in [0.4, 0.5) is 0 Å². The first-order valence-electron chi connectivity index (χ1n) is 6.31. The third-order valence-electron chi connectivity index (χ3n) is 3.40. The molecule has 1 aromatic carbocycles. The molecule has 0 radical (unpaired) electrons. The summed E-state index contributed by atoms with van der Waals surface area (Å²) in [6, 6.07) is 7.15. The highest BCUT2D eigenvalue weighted by molar-refractivity contribution is 6.30. The number of hydrogen-bond donors (Lipinski definition) is 2. The van der Waals surface area contributed by atoms with Crippen LogP contribution in [0, 0.1) is 5.92 Å². The number of rotatable bonds is 4. The minimum absolute atomic E-state index is 0.0206. The van der Waals surface area contributed by atoms with E-state index in [0.29, 0.717) is 17.9 Å². The first kappa shape index (κ1) is 13.9. The summed E-state index contributed by atoms with van der Waals surface area (Å²) in [6.45, 7) is 0. The molecular weight excluding hydrogens is 266 g/mol. The summed E-state index contributed by atoms with van der Waals surface area (Å²) in [5.74, 6) is -1.18. The van der Waals surface area contributed by atoms with Crippen LogP contribution < -0.4 is 5.32 Å². The molecule has 1 aromatic rings. The highest BCUT2D eigenvalue weighted by atomic mass is 35.5. The lowest BCUT2D eigenvalue weighted by atomic mass is 10.1. The highest BCUT2D eigenvalue weighted by Crippen LogP contribution is 2.25. The van der Waals surface area contributed by atoms with Crippen LogP contribution in [0.2, 0.25) is 5.02 Å². The van der Waals surface area contributed by atoms with E-state index in [9.17, 15) is 9.59 Å². The topological polar surface area (TPSA) is 66.4 Å². The number of benzene rings is 1. The molecule has 0 bridgehead atoms. The molecule has 102 valence electrons. The molecule has 4 nitrogen and oxygen atoms in total. The van der Waals surface area contributed by atoms with E-state index >= 15 is 0 Å². The predicted molar refractivity (Wildman–Crippen MR) is 72.1 cm³/mol. The van der Waals surface area contributed by atoms with Gasteiger partial charge < -0.3 is 10.4 Å². The average Bonchev–Trinajstić information content (AvgIpc) is 2.77. The van der Waals surface area contributed by atoms with Gasteiger partial charge in [-0.3, -0.25) is 9.59 Å². The molecule has 2 rings (SSSR count). The third-order valence-corrected chi connectivity index (χ3v) is 3.64. The van der Waals surface area contributed by atoms with Crippen LogP contribution in [0.1, 0.15) is 24.8 Å². The van der Waals surface area contributed by atoms with Crippen molar-refractivity contribution in [2.24, 2.45) is 5.92 Å². The molecule has 2 atom stereocenters. The Kier molecular flexibility index (Phi) is 4.43. The SMILES string of the molecule is O=C(Cc1cccc(Cl)c1)N[C@H]1CC[C@@H](C(=O)O)C1. The number of amides is 1. The summed E-state index contributed by atoms with van der Waals surface area (Å²) < 4.78 is 0. The molecule has 1 saturated carbocycles. The lowest BCUT2D eigenvalue weighted by molar-refractivity contribution is -0.141. The molecule has 0 aromatic heterocycles. The normalized spacial score (nSPS) is 22.2. The zero-order valence-electron chi connectivity index (χ0n) is 10.4. The van der Waals surface area contributed by atoms with Crippen molar-refractivity contribution in [2.75, 3.05) is 0 Å². The molecule has 1 aliphatic carbocycles. The Bertz CT molecular complexity index is 489. The fourth-order valence-corrected chi connectivity index (χ4v) is 2.66. The Balaban J connectivity index is 1.84. The molecule has 0 saturated heterocycles.